The molecule has 1 aliphatic heterocycles. The van der Waals surface area contributed by atoms with Gasteiger partial charge in [-0.2, -0.15) is 9.97 Å². The number of nitrogens with zero attached hydrogens (tertiary/aromatic N) is 4. The van der Waals surface area contributed by atoms with Crippen LogP contribution in [0.2, 0.25) is 5.28 Å². The first-order valence-corrected chi connectivity index (χ1v) is 18.1. The summed E-state index contributed by atoms with van der Waals surface area (Å²) in [6.45, 7) is 7.51. The van der Waals surface area contributed by atoms with E-state index in [1.165, 1.54) is 10.9 Å². The van der Waals surface area contributed by atoms with Gasteiger partial charge in [0, 0.05) is 6.04 Å². The second-order valence-electron chi connectivity index (χ2n) is 14.9. The SMILES string of the molecule is CC(C)(C)COC(=O)OCC(COC(=O)OCC(C)(C)C)(OC[C@H]1O[C@@H](n2cnc3c(NC4CCCC4)nc(Cl)nc32)[C@H](O)[C@@H]1O)P(=O)(O)O. The third-order valence-electron chi connectivity index (χ3n) is 7.83. The van der Waals surface area contributed by atoms with Gasteiger partial charge in [0.05, 0.1) is 26.1 Å². The van der Waals surface area contributed by atoms with Crippen LogP contribution >= 0.6 is 19.2 Å². The molecule has 50 heavy (non-hydrogen) atoms. The molecule has 2 aromatic rings. The number of imidazole rings is 1. The largest absolute Gasteiger partial charge is 0.508 e. The summed E-state index contributed by atoms with van der Waals surface area (Å²) >= 11 is 6.23. The highest BCUT2D eigenvalue weighted by Gasteiger charge is 2.54. The number of aliphatic hydroxyl groups excluding tert-OH is 2. The van der Waals surface area contributed by atoms with E-state index in [0.717, 1.165) is 25.7 Å². The van der Waals surface area contributed by atoms with Gasteiger partial charge in [0.15, 0.2) is 23.2 Å². The molecule has 20 heteroatoms. The Kier molecular flexibility index (Phi) is 12.6. The number of fused-ring (bicyclic) bond motifs is 1. The number of ether oxygens (including phenoxy) is 6. The number of aliphatic hydroxyl groups is 2. The Hall–Kier alpha value is -2.83. The molecule has 5 N–H and O–H groups in total. The average molecular weight is 752 g/mol. The number of nitrogens with one attached hydrogen (secondary N) is 1. The second kappa shape index (κ2) is 15.8. The molecule has 2 aliphatic rings. The zero-order valence-corrected chi connectivity index (χ0v) is 30.6. The Morgan fingerprint density at radius 3 is 2.00 bits per heavy atom. The van der Waals surface area contributed by atoms with Crippen LogP contribution in [0.4, 0.5) is 15.4 Å². The van der Waals surface area contributed by atoms with Crippen molar-refractivity contribution in [2.24, 2.45) is 10.8 Å². The number of hydrogen-bond donors (Lipinski definition) is 5. The Labute approximate surface area is 294 Å². The lowest BCUT2D eigenvalue weighted by molar-refractivity contribution is -0.128. The van der Waals surface area contributed by atoms with E-state index in [9.17, 15) is 34.2 Å². The van der Waals surface area contributed by atoms with Crippen LogP contribution in [0.3, 0.4) is 0 Å². The van der Waals surface area contributed by atoms with Gasteiger partial charge in [0.2, 0.25) is 10.6 Å². The zero-order valence-electron chi connectivity index (χ0n) is 28.9. The number of rotatable bonds is 13. The van der Waals surface area contributed by atoms with Crippen molar-refractivity contribution in [3.05, 3.63) is 11.6 Å². The molecule has 0 spiro atoms. The fourth-order valence-corrected chi connectivity index (χ4v) is 6.00. The Bertz CT molecular complexity index is 1500. The number of halogens is 1. The molecule has 0 radical (unpaired) electrons. The van der Waals surface area contributed by atoms with E-state index in [0.29, 0.717) is 11.3 Å². The standard InChI is InChI=1S/C30H47ClN5O13P/c1-28(2,3)12-44-26(39)46-14-30(50(41,42)43,15-47-27(40)45-13-29(4,5)6)48-11-18-20(37)21(38)24(49-18)36-16-32-19-22(33-17-9-7-8-10-17)34-25(31)35-23(19)36/h16-18,20-21,24,37-38H,7-15H2,1-6H3,(H,33,34,35)(H2,41,42,43)/t18-,20-,21-,24-/m1/s1. The van der Waals surface area contributed by atoms with Gasteiger partial charge < -0.3 is 53.7 Å². The van der Waals surface area contributed by atoms with Crippen molar-refractivity contribution < 1.29 is 62.6 Å². The highest BCUT2D eigenvalue weighted by atomic mass is 35.5. The van der Waals surface area contributed by atoms with Crippen LogP contribution in [0.25, 0.3) is 11.2 Å². The third-order valence-corrected chi connectivity index (χ3v) is 9.44. The van der Waals surface area contributed by atoms with Gasteiger partial charge in [-0.1, -0.05) is 54.4 Å². The Morgan fingerprint density at radius 1 is 0.940 bits per heavy atom. The van der Waals surface area contributed by atoms with E-state index in [-0.39, 0.29) is 30.2 Å². The molecule has 0 aromatic carbocycles. The molecule has 0 unspecified atom stereocenters. The van der Waals surface area contributed by atoms with Crippen LogP contribution in [0, 0.1) is 10.8 Å². The molecule has 0 amide bonds. The highest BCUT2D eigenvalue weighted by molar-refractivity contribution is 7.53. The maximum absolute atomic E-state index is 13.0. The smallest absolute Gasteiger partial charge is 0.434 e. The van der Waals surface area contributed by atoms with Crippen molar-refractivity contribution in [2.45, 2.75) is 103 Å². The molecule has 4 rings (SSSR count). The van der Waals surface area contributed by atoms with Crippen LogP contribution in [0.15, 0.2) is 6.33 Å². The highest BCUT2D eigenvalue weighted by Crippen LogP contribution is 2.52. The van der Waals surface area contributed by atoms with Crippen molar-refractivity contribution >= 4 is 48.5 Å². The van der Waals surface area contributed by atoms with Gasteiger partial charge >= 0.3 is 19.9 Å². The van der Waals surface area contributed by atoms with Gasteiger partial charge in [-0.05, 0) is 35.3 Å². The zero-order chi connectivity index (χ0) is 37.1. The Balaban J connectivity index is 1.54. The molecular weight excluding hydrogens is 705 g/mol. The molecular formula is C30H47ClN5O13P. The van der Waals surface area contributed by atoms with Gasteiger partial charge in [-0.3, -0.25) is 9.13 Å². The van der Waals surface area contributed by atoms with Gasteiger partial charge in [0.1, 0.15) is 31.5 Å². The lowest BCUT2D eigenvalue weighted by Crippen LogP contribution is -2.47. The van der Waals surface area contributed by atoms with Crippen LogP contribution < -0.4 is 5.32 Å². The molecule has 1 saturated heterocycles. The number of carbonyl (C=O) groups excluding carboxylic acids is 2. The average Bonchev–Trinajstić information content (AvgIpc) is 3.74. The topological polar surface area (TPSA) is 243 Å². The maximum Gasteiger partial charge on any atom is 0.508 e. The second-order valence-corrected chi connectivity index (χ2v) is 17.2. The first kappa shape index (κ1) is 39.9. The molecule has 4 atom stereocenters. The first-order chi connectivity index (χ1) is 23.2. The number of aromatic nitrogens is 4. The van der Waals surface area contributed by atoms with Crippen LogP contribution in [-0.2, 0) is 33.0 Å². The van der Waals surface area contributed by atoms with Crippen LogP contribution in [0.1, 0.15) is 73.5 Å². The van der Waals surface area contributed by atoms with Crippen molar-refractivity contribution in [1.29, 1.82) is 0 Å². The molecule has 2 fully saturated rings. The predicted molar refractivity (Wildman–Crippen MR) is 176 cm³/mol. The quantitative estimate of drug-likeness (QED) is 0.111. The monoisotopic (exact) mass is 751 g/mol. The van der Waals surface area contributed by atoms with Gasteiger partial charge in [0.25, 0.3) is 0 Å². The van der Waals surface area contributed by atoms with Gasteiger partial charge in [-0.15, -0.1) is 0 Å². The number of carbonyl (C=O) groups is 2. The molecule has 3 heterocycles. The summed E-state index contributed by atoms with van der Waals surface area (Å²) in [5, 5.41) is 22.4. The van der Waals surface area contributed by atoms with Crippen molar-refractivity contribution in [2.75, 3.05) is 38.4 Å². The predicted octanol–water partition coefficient (Wildman–Crippen LogP) is 3.74. The number of hydrogen-bond acceptors (Lipinski definition) is 15. The first-order valence-electron chi connectivity index (χ1n) is 16.1. The van der Waals surface area contributed by atoms with E-state index >= 15 is 0 Å². The fraction of sp³-hybridized carbons (Fsp3) is 0.767. The van der Waals surface area contributed by atoms with E-state index < -0.39 is 80.4 Å². The molecule has 1 saturated carbocycles. The number of anilines is 1. The molecule has 282 valence electrons. The fourth-order valence-electron chi connectivity index (χ4n) is 5.13. The molecule has 2 aromatic heterocycles. The summed E-state index contributed by atoms with van der Waals surface area (Å²) in [5.74, 6) is 0.395. The molecule has 0 bridgehead atoms. The van der Waals surface area contributed by atoms with Crippen LogP contribution in [0.5, 0.6) is 0 Å². The van der Waals surface area contributed by atoms with Crippen molar-refractivity contribution in [3.8, 4) is 0 Å². The normalized spacial score (nSPS) is 22.1. The maximum atomic E-state index is 13.0. The van der Waals surface area contributed by atoms with Gasteiger partial charge in [-0.25, -0.2) is 14.6 Å². The summed E-state index contributed by atoms with van der Waals surface area (Å²) in [7, 11) is -5.48. The summed E-state index contributed by atoms with van der Waals surface area (Å²) in [4.78, 5) is 58.6. The van der Waals surface area contributed by atoms with E-state index in [2.05, 4.69) is 20.3 Å². The molecule has 18 nitrogen and oxygen atoms in total. The van der Waals surface area contributed by atoms with Crippen molar-refractivity contribution in [3.63, 3.8) is 0 Å². The minimum atomic E-state index is -5.48. The minimum Gasteiger partial charge on any atom is -0.434 e. The minimum absolute atomic E-state index is 0.0795. The van der Waals surface area contributed by atoms with E-state index in [4.69, 9.17) is 40.0 Å². The lowest BCUT2D eigenvalue weighted by atomic mass is 9.99. The summed E-state index contributed by atoms with van der Waals surface area (Å²) in [6.07, 6.45) is -3.13. The summed E-state index contributed by atoms with van der Waals surface area (Å²) in [5.41, 5.74) is -0.362. The van der Waals surface area contributed by atoms with E-state index in [1.54, 1.807) is 41.5 Å². The molecule has 1 aliphatic carbocycles. The Morgan fingerprint density at radius 2 is 1.48 bits per heavy atom. The lowest BCUT2D eigenvalue weighted by Gasteiger charge is -2.34. The van der Waals surface area contributed by atoms with E-state index in [1.807, 2.05) is 0 Å². The summed E-state index contributed by atoms with van der Waals surface area (Å²) < 4.78 is 46.0. The summed E-state index contributed by atoms with van der Waals surface area (Å²) in [6, 6.07) is 0.175. The van der Waals surface area contributed by atoms with Crippen molar-refractivity contribution in [1.82, 2.24) is 19.5 Å². The third kappa shape index (κ3) is 10.4. The van der Waals surface area contributed by atoms with Crippen LogP contribution in [-0.4, -0.2) is 115 Å².